The van der Waals surface area contributed by atoms with Gasteiger partial charge in [0.05, 0.1) is 18.9 Å². The number of anilines is 3. The van der Waals surface area contributed by atoms with Gasteiger partial charge in [-0.2, -0.15) is 18.2 Å². The average Bonchev–Trinajstić information content (AvgIpc) is 3.17. The molecule has 0 saturated heterocycles. The Bertz CT molecular complexity index is 1550. The summed E-state index contributed by atoms with van der Waals surface area (Å²) in [5.41, 5.74) is -1.50. The molecular formula is C22H19ClF3N7O4. The number of aryl methyl sites for hydroxylation is 2. The fraction of sp³-hybridized carbons (Fsp3) is 0.227. The van der Waals surface area contributed by atoms with Crippen molar-refractivity contribution in [3.8, 4) is 11.5 Å². The number of ether oxygens (including phenoxy) is 2. The van der Waals surface area contributed by atoms with E-state index in [9.17, 15) is 22.8 Å². The molecule has 37 heavy (non-hydrogen) atoms. The Morgan fingerprint density at radius 2 is 2.00 bits per heavy atom. The molecule has 11 nitrogen and oxygen atoms in total. The van der Waals surface area contributed by atoms with Gasteiger partial charge in [0.15, 0.2) is 11.4 Å². The van der Waals surface area contributed by atoms with Crippen LogP contribution in [0.3, 0.4) is 0 Å². The highest BCUT2D eigenvalue weighted by Crippen LogP contribution is 2.36. The maximum atomic E-state index is 13.3. The second-order valence-electron chi connectivity index (χ2n) is 7.55. The zero-order chi connectivity index (χ0) is 26.9. The molecule has 4 rings (SSSR count). The number of imidazole rings is 1. The summed E-state index contributed by atoms with van der Waals surface area (Å²) in [6.45, 7) is 1.60. The summed E-state index contributed by atoms with van der Waals surface area (Å²) < 4.78 is 52.7. The van der Waals surface area contributed by atoms with Crippen LogP contribution in [0.5, 0.6) is 11.5 Å². The van der Waals surface area contributed by atoms with E-state index in [0.717, 1.165) is 16.8 Å². The summed E-state index contributed by atoms with van der Waals surface area (Å²) >= 11 is 6.55. The van der Waals surface area contributed by atoms with E-state index in [4.69, 9.17) is 16.3 Å². The predicted octanol–water partition coefficient (Wildman–Crippen LogP) is 4.93. The minimum absolute atomic E-state index is 0.0362. The molecule has 1 amide bonds. The number of nitrogens with one attached hydrogen (secondary N) is 2. The van der Waals surface area contributed by atoms with Crippen molar-refractivity contribution in [2.75, 3.05) is 17.7 Å². The lowest BCUT2D eigenvalue weighted by molar-refractivity contribution is -0.138. The number of aromatic nitrogens is 5. The summed E-state index contributed by atoms with van der Waals surface area (Å²) in [4.78, 5) is 36.5. The van der Waals surface area contributed by atoms with E-state index in [0.29, 0.717) is 5.52 Å². The van der Waals surface area contributed by atoms with Crippen LogP contribution in [0.2, 0.25) is 5.02 Å². The lowest BCUT2D eigenvalue weighted by Gasteiger charge is -2.13. The van der Waals surface area contributed by atoms with Crippen LogP contribution in [0.15, 0.2) is 41.6 Å². The number of rotatable bonds is 6. The van der Waals surface area contributed by atoms with Crippen molar-refractivity contribution in [2.45, 2.75) is 19.6 Å². The van der Waals surface area contributed by atoms with Gasteiger partial charge in [0.1, 0.15) is 27.8 Å². The van der Waals surface area contributed by atoms with Gasteiger partial charge in [-0.3, -0.25) is 10.1 Å². The molecule has 4 aromatic heterocycles. The Morgan fingerprint density at radius 1 is 1.24 bits per heavy atom. The molecule has 0 aliphatic carbocycles. The zero-order valence-corrected chi connectivity index (χ0v) is 20.3. The second-order valence-corrected chi connectivity index (χ2v) is 7.93. The average molecular weight is 538 g/mol. The summed E-state index contributed by atoms with van der Waals surface area (Å²) in [7, 11) is 2.76. The monoisotopic (exact) mass is 537 g/mol. The van der Waals surface area contributed by atoms with Crippen LogP contribution >= 0.6 is 11.6 Å². The summed E-state index contributed by atoms with van der Waals surface area (Å²) in [6, 6.07) is 3.67. The molecule has 15 heteroatoms. The first-order valence-electron chi connectivity index (χ1n) is 10.6. The van der Waals surface area contributed by atoms with E-state index in [1.165, 1.54) is 36.2 Å². The van der Waals surface area contributed by atoms with Crippen LogP contribution < -0.4 is 20.9 Å². The van der Waals surface area contributed by atoms with Crippen molar-refractivity contribution in [3.05, 3.63) is 57.7 Å². The van der Waals surface area contributed by atoms with Crippen molar-refractivity contribution in [1.82, 2.24) is 24.1 Å². The number of methoxy groups -OCH3 is 1. The number of nitrogens with zero attached hydrogens (tertiary/aromatic N) is 5. The SMILES string of the molecule is CCn1cc(C(F)(F)F)cc(Nc2nc3ncc(Oc4ccnc(NC(=O)OC)c4)c(Cl)c3n2C)c1=O. The quantitative estimate of drug-likeness (QED) is 0.354. The first kappa shape index (κ1) is 25.8. The minimum atomic E-state index is -4.65. The third-order valence-corrected chi connectivity index (χ3v) is 5.55. The number of halogens is 4. The highest BCUT2D eigenvalue weighted by atomic mass is 35.5. The summed E-state index contributed by atoms with van der Waals surface area (Å²) in [6.07, 6.45) is -1.90. The van der Waals surface area contributed by atoms with Gasteiger partial charge < -0.3 is 23.9 Å². The molecule has 0 aromatic carbocycles. The van der Waals surface area contributed by atoms with Crippen molar-refractivity contribution in [1.29, 1.82) is 0 Å². The number of carbonyl (C=O) groups is 1. The smallest absolute Gasteiger partial charge is 0.417 e. The zero-order valence-electron chi connectivity index (χ0n) is 19.6. The first-order chi connectivity index (χ1) is 17.5. The molecule has 194 valence electrons. The molecule has 0 saturated carbocycles. The second kappa shape index (κ2) is 9.97. The number of carbonyl (C=O) groups excluding carboxylic acids is 1. The van der Waals surface area contributed by atoms with Crippen molar-refractivity contribution in [2.24, 2.45) is 7.05 Å². The lowest BCUT2D eigenvalue weighted by atomic mass is 10.2. The molecule has 0 atom stereocenters. The van der Waals surface area contributed by atoms with E-state index in [-0.39, 0.29) is 46.2 Å². The molecule has 4 heterocycles. The fourth-order valence-electron chi connectivity index (χ4n) is 3.36. The molecule has 0 aliphatic rings. The minimum Gasteiger partial charge on any atom is -0.454 e. The van der Waals surface area contributed by atoms with Crippen molar-refractivity contribution < 1.29 is 27.4 Å². The van der Waals surface area contributed by atoms with Gasteiger partial charge in [-0.25, -0.2) is 14.8 Å². The van der Waals surface area contributed by atoms with Gasteiger partial charge in [-0.05, 0) is 19.1 Å². The number of hydrogen-bond donors (Lipinski definition) is 2. The van der Waals surface area contributed by atoms with Gasteiger partial charge in [0.25, 0.3) is 5.56 Å². The molecule has 0 aliphatic heterocycles. The molecule has 0 bridgehead atoms. The number of alkyl halides is 3. The molecule has 0 radical (unpaired) electrons. The Labute approximate surface area is 211 Å². The maximum absolute atomic E-state index is 13.3. The van der Waals surface area contributed by atoms with Gasteiger partial charge in [-0.15, -0.1) is 0 Å². The third kappa shape index (κ3) is 5.28. The standard InChI is InChI=1S/C22H19ClF3N7O4/c1-4-33-10-11(22(24,25)26)7-13(19(33)34)29-20-31-18-17(32(20)2)16(23)14(9-28-18)37-12-5-6-27-15(8-12)30-21(35)36-3/h5-10H,4H2,1-3H3,(H,27,30,35)(H,28,29,31). The van der Waals surface area contributed by atoms with Crippen molar-refractivity contribution >= 4 is 46.3 Å². The van der Waals surface area contributed by atoms with Crippen molar-refractivity contribution in [3.63, 3.8) is 0 Å². The third-order valence-electron chi connectivity index (χ3n) is 5.18. The lowest BCUT2D eigenvalue weighted by Crippen LogP contribution is -2.24. The number of amides is 1. The van der Waals surface area contributed by atoms with Crippen LogP contribution in [-0.2, 0) is 24.5 Å². The fourth-order valence-corrected chi connectivity index (χ4v) is 3.66. The highest BCUT2D eigenvalue weighted by Gasteiger charge is 2.32. The molecule has 0 unspecified atom stereocenters. The Morgan fingerprint density at radius 3 is 2.68 bits per heavy atom. The van der Waals surface area contributed by atoms with Crippen LogP contribution in [-0.4, -0.2) is 37.3 Å². The summed E-state index contributed by atoms with van der Waals surface area (Å²) in [5.74, 6) is 0.606. The molecule has 4 aromatic rings. The Balaban J connectivity index is 1.69. The van der Waals surface area contributed by atoms with Crippen LogP contribution in [0.4, 0.5) is 35.4 Å². The van der Waals surface area contributed by atoms with E-state index in [2.05, 4.69) is 30.3 Å². The highest BCUT2D eigenvalue weighted by molar-refractivity contribution is 6.36. The predicted molar refractivity (Wildman–Crippen MR) is 129 cm³/mol. The van der Waals surface area contributed by atoms with E-state index in [1.807, 2.05) is 0 Å². The molecular weight excluding hydrogens is 519 g/mol. The maximum Gasteiger partial charge on any atom is 0.417 e. The normalized spacial score (nSPS) is 11.4. The van der Waals surface area contributed by atoms with E-state index >= 15 is 0 Å². The van der Waals surface area contributed by atoms with Crippen LogP contribution in [0.25, 0.3) is 11.2 Å². The Kier molecular flexibility index (Phi) is 6.94. The molecule has 0 fully saturated rings. The van der Waals surface area contributed by atoms with Gasteiger partial charge >= 0.3 is 12.3 Å². The van der Waals surface area contributed by atoms with E-state index < -0.39 is 23.4 Å². The topological polar surface area (TPSA) is 125 Å². The van der Waals surface area contributed by atoms with Crippen LogP contribution in [0.1, 0.15) is 12.5 Å². The Hall–Kier alpha value is -4.33. The van der Waals surface area contributed by atoms with Gasteiger partial charge in [-0.1, -0.05) is 11.6 Å². The van der Waals surface area contributed by atoms with Gasteiger partial charge in [0, 0.05) is 32.1 Å². The summed E-state index contributed by atoms with van der Waals surface area (Å²) in [5, 5.41) is 5.17. The molecule has 2 N–H and O–H groups in total. The van der Waals surface area contributed by atoms with Crippen LogP contribution in [0, 0.1) is 0 Å². The molecule has 0 spiro atoms. The number of pyridine rings is 3. The largest absolute Gasteiger partial charge is 0.454 e. The van der Waals surface area contributed by atoms with Gasteiger partial charge in [0.2, 0.25) is 5.95 Å². The number of hydrogen-bond acceptors (Lipinski definition) is 8. The first-order valence-corrected chi connectivity index (χ1v) is 11.0. The van der Waals surface area contributed by atoms with E-state index in [1.54, 1.807) is 14.0 Å². The number of fused-ring (bicyclic) bond motifs is 1.